The van der Waals surface area contributed by atoms with Crippen LogP contribution in [-0.2, 0) is 11.2 Å². The minimum Gasteiger partial charge on any atom is -0.368 e. The first-order valence-electron chi connectivity index (χ1n) is 8.13. The van der Waals surface area contributed by atoms with Gasteiger partial charge < -0.3 is 11.1 Å². The lowest BCUT2D eigenvalue weighted by Crippen LogP contribution is -2.44. The molecule has 0 aliphatic rings. The van der Waals surface area contributed by atoms with Gasteiger partial charge in [-0.15, -0.1) is 0 Å². The van der Waals surface area contributed by atoms with Gasteiger partial charge in [-0.05, 0) is 30.5 Å². The van der Waals surface area contributed by atoms with Crippen LogP contribution < -0.4 is 11.1 Å². The Bertz CT molecular complexity index is 894. The first-order valence-corrected chi connectivity index (χ1v) is 8.13. The number of hydrogen-bond acceptors (Lipinski definition) is 3. The largest absolute Gasteiger partial charge is 0.368 e. The lowest BCUT2D eigenvalue weighted by Gasteiger charge is -2.15. The van der Waals surface area contributed by atoms with Crippen LogP contribution in [0.3, 0.4) is 0 Å². The summed E-state index contributed by atoms with van der Waals surface area (Å²) in [7, 11) is 0. The van der Waals surface area contributed by atoms with Crippen molar-refractivity contribution in [2.75, 3.05) is 0 Å². The number of amides is 2. The van der Waals surface area contributed by atoms with Crippen LogP contribution in [0.1, 0.15) is 22.5 Å². The van der Waals surface area contributed by atoms with Gasteiger partial charge >= 0.3 is 0 Å². The summed E-state index contributed by atoms with van der Waals surface area (Å²) in [6, 6.07) is 20.0. The molecule has 5 heteroatoms. The highest BCUT2D eigenvalue weighted by Gasteiger charge is 2.19. The zero-order valence-corrected chi connectivity index (χ0v) is 13.7. The smallest absolute Gasteiger partial charge is 0.270 e. The summed E-state index contributed by atoms with van der Waals surface area (Å²) in [4.78, 5) is 28.5. The zero-order valence-electron chi connectivity index (χ0n) is 13.7. The Hall–Kier alpha value is -3.21. The van der Waals surface area contributed by atoms with Gasteiger partial charge in [-0.25, -0.2) is 4.98 Å². The van der Waals surface area contributed by atoms with Crippen LogP contribution in [0.5, 0.6) is 0 Å². The molecular weight excluding hydrogens is 314 g/mol. The summed E-state index contributed by atoms with van der Waals surface area (Å²) < 4.78 is 0. The van der Waals surface area contributed by atoms with Gasteiger partial charge in [0.05, 0.1) is 5.52 Å². The number of carbonyl (C=O) groups excluding carboxylic acids is 2. The minimum absolute atomic E-state index is 0.268. The second kappa shape index (κ2) is 7.57. The highest BCUT2D eigenvalue weighted by atomic mass is 16.2. The second-order valence-corrected chi connectivity index (χ2v) is 5.84. The maximum atomic E-state index is 12.4. The van der Waals surface area contributed by atoms with Crippen molar-refractivity contribution in [3.8, 4) is 0 Å². The molecule has 3 aromatic rings. The van der Waals surface area contributed by atoms with Crippen molar-refractivity contribution in [2.45, 2.75) is 18.9 Å². The number of benzene rings is 2. The van der Waals surface area contributed by atoms with E-state index in [0.29, 0.717) is 12.8 Å². The van der Waals surface area contributed by atoms with E-state index >= 15 is 0 Å². The van der Waals surface area contributed by atoms with Gasteiger partial charge in [-0.2, -0.15) is 0 Å². The molecule has 0 spiro atoms. The molecule has 0 unspecified atom stereocenters. The number of para-hydroxylation sites is 1. The standard InChI is InChI=1S/C20H19N3O2/c21-19(24)17(12-10-14-6-2-1-3-7-14)23-20(25)18-13-11-15-8-4-5-9-16(15)22-18/h1-9,11,13,17H,10,12H2,(H2,21,24)(H,23,25)/t17-/m0/s1. The van der Waals surface area contributed by atoms with Crippen LogP contribution in [0.25, 0.3) is 10.9 Å². The van der Waals surface area contributed by atoms with Gasteiger partial charge in [-0.3, -0.25) is 9.59 Å². The second-order valence-electron chi connectivity index (χ2n) is 5.84. The number of carbonyl (C=O) groups is 2. The maximum Gasteiger partial charge on any atom is 0.270 e. The summed E-state index contributed by atoms with van der Waals surface area (Å²) in [6.45, 7) is 0. The molecule has 25 heavy (non-hydrogen) atoms. The van der Waals surface area contributed by atoms with Crippen LogP contribution in [0.2, 0.25) is 0 Å². The first-order chi connectivity index (χ1) is 12.1. The van der Waals surface area contributed by atoms with Gasteiger partial charge in [0, 0.05) is 5.39 Å². The van der Waals surface area contributed by atoms with E-state index in [4.69, 9.17) is 5.73 Å². The molecular formula is C20H19N3O2. The monoisotopic (exact) mass is 333 g/mol. The number of fused-ring (bicyclic) bond motifs is 1. The van der Waals surface area contributed by atoms with Crippen LogP contribution in [-0.4, -0.2) is 22.8 Å². The number of rotatable bonds is 6. The highest BCUT2D eigenvalue weighted by Crippen LogP contribution is 2.12. The van der Waals surface area contributed by atoms with Gasteiger partial charge in [0.1, 0.15) is 11.7 Å². The molecule has 2 amide bonds. The van der Waals surface area contributed by atoms with Crippen LogP contribution in [0, 0.1) is 0 Å². The van der Waals surface area contributed by atoms with Crippen molar-refractivity contribution >= 4 is 22.7 Å². The first kappa shape index (κ1) is 16.6. The van der Waals surface area contributed by atoms with Crippen molar-refractivity contribution < 1.29 is 9.59 Å². The maximum absolute atomic E-state index is 12.4. The third-order valence-electron chi connectivity index (χ3n) is 4.04. The van der Waals surface area contributed by atoms with E-state index in [0.717, 1.165) is 16.5 Å². The number of aromatic nitrogens is 1. The molecule has 0 saturated heterocycles. The molecule has 126 valence electrons. The number of primary amides is 1. The Balaban J connectivity index is 1.70. The molecule has 1 heterocycles. The summed E-state index contributed by atoms with van der Waals surface area (Å²) in [5.74, 6) is -0.951. The van der Waals surface area contributed by atoms with Crippen molar-refractivity contribution in [1.82, 2.24) is 10.3 Å². The van der Waals surface area contributed by atoms with Gasteiger partial charge in [0.15, 0.2) is 0 Å². The molecule has 3 rings (SSSR count). The highest BCUT2D eigenvalue weighted by molar-refractivity contribution is 5.97. The molecule has 0 aliphatic heterocycles. The Morgan fingerprint density at radius 3 is 2.44 bits per heavy atom. The van der Waals surface area contributed by atoms with Gasteiger partial charge in [0.2, 0.25) is 5.91 Å². The van der Waals surface area contributed by atoms with Crippen molar-refractivity contribution in [3.63, 3.8) is 0 Å². The molecule has 0 saturated carbocycles. The minimum atomic E-state index is -0.735. The number of hydrogen-bond donors (Lipinski definition) is 2. The van der Waals surface area contributed by atoms with Crippen LogP contribution >= 0.6 is 0 Å². The molecule has 0 radical (unpaired) electrons. The number of pyridine rings is 1. The molecule has 5 nitrogen and oxygen atoms in total. The molecule has 1 atom stereocenters. The van der Waals surface area contributed by atoms with E-state index in [1.54, 1.807) is 6.07 Å². The molecule has 0 aliphatic carbocycles. The average molecular weight is 333 g/mol. The fraction of sp³-hybridized carbons (Fsp3) is 0.150. The van der Waals surface area contributed by atoms with E-state index in [-0.39, 0.29) is 5.69 Å². The number of nitrogens with zero attached hydrogens (tertiary/aromatic N) is 1. The third-order valence-corrected chi connectivity index (χ3v) is 4.04. The van der Waals surface area contributed by atoms with E-state index in [1.807, 2.05) is 60.7 Å². The van der Waals surface area contributed by atoms with Crippen molar-refractivity contribution in [3.05, 3.63) is 78.0 Å². The van der Waals surface area contributed by atoms with Gasteiger partial charge in [0.25, 0.3) is 5.91 Å². The van der Waals surface area contributed by atoms with E-state index < -0.39 is 17.9 Å². The average Bonchev–Trinajstić information content (AvgIpc) is 2.65. The Morgan fingerprint density at radius 2 is 1.68 bits per heavy atom. The van der Waals surface area contributed by atoms with Gasteiger partial charge in [-0.1, -0.05) is 54.6 Å². The summed E-state index contributed by atoms with van der Waals surface area (Å²) in [6.07, 6.45) is 1.10. The Kier molecular flexibility index (Phi) is 5.04. The lowest BCUT2D eigenvalue weighted by molar-refractivity contribution is -0.120. The lowest BCUT2D eigenvalue weighted by atomic mass is 10.0. The van der Waals surface area contributed by atoms with Crippen LogP contribution in [0.4, 0.5) is 0 Å². The van der Waals surface area contributed by atoms with Crippen molar-refractivity contribution in [1.29, 1.82) is 0 Å². The topological polar surface area (TPSA) is 85.1 Å². The summed E-state index contributed by atoms with van der Waals surface area (Å²) in [5.41, 5.74) is 7.53. The van der Waals surface area contributed by atoms with E-state index in [9.17, 15) is 9.59 Å². The zero-order chi connectivity index (χ0) is 17.6. The molecule has 3 N–H and O–H groups in total. The predicted octanol–water partition coefficient (Wildman–Crippen LogP) is 2.45. The predicted molar refractivity (Wildman–Crippen MR) is 97.0 cm³/mol. The summed E-state index contributed by atoms with van der Waals surface area (Å²) >= 11 is 0. The number of nitrogens with two attached hydrogens (primary N) is 1. The Morgan fingerprint density at radius 1 is 0.960 bits per heavy atom. The fourth-order valence-corrected chi connectivity index (χ4v) is 2.67. The normalized spacial score (nSPS) is 11.8. The molecule has 1 aromatic heterocycles. The van der Waals surface area contributed by atoms with Crippen molar-refractivity contribution in [2.24, 2.45) is 5.73 Å². The summed E-state index contributed by atoms with van der Waals surface area (Å²) in [5, 5.41) is 3.65. The number of nitrogens with one attached hydrogen (secondary N) is 1. The molecule has 2 aromatic carbocycles. The van der Waals surface area contributed by atoms with E-state index in [1.165, 1.54) is 0 Å². The van der Waals surface area contributed by atoms with E-state index in [2.05, 4.69) is 10.3 Å². The fourth-order valence-electron chi connectivity index (χ4n) is 2.67. The quantitative estimate of drug-likeness (QED) is 0.726. The number of aryl methyl sites for hydroxylation is 1. The molecule has 0 fully saturated rings. The Labute approximate surface area is 145 Å². The molecule has 0 bridgehead atoms. The van der Waals surface area contributed by atoms with Crippen LogP contribution in [0.15, 0.2) is 66.7 Å². The SMILES string of the molecule is NC(=O)[C@H](CCc1ccccc1)NC(=O)c1ccc2ccccc2n1. The third kappa shape index (κ3) is 4.20.